The Morgan fingerprint density at radius 1 is 1.48 bits per heavy atom. The lowest BCUT2D eigenvalue weighted by Crippen LogP contribution is -2.42. The average molecular weight is 290 g/mol. The van der Waals surface area contributed by atoms with Crippen molar-refractivity contribution in [2.75, 3.05) is 13.7 Å². The number of nitrogens with one attached hydrogen (secondary N) is 1. The van der Waals surface area contributed by atoms with E-state index in [0.717, 1.165) is 29.7 Å². The Morgan fingerprint density at radius 2 is 2.19 bits per heavy atom. The molecule has 1 aromatic carbocycles. The molecule has 0 aromatic heterocycles. The molecule has 4 heteroatoms. The topological polar surface area (TPSA) is 64.3 Å². The van der Waals surface area contributed by atoms with Crippen LogP contribution < -0.4 is 15.8 Å². The van der Waals surface area contributed by atoms with Crippen LogP contribution in [0.4, 0.5) is 0 Å². The lowest BCUT2D eigenvalue weighted by atomic mass is 9.66. The first kappa shape index (κ1) is 15.8. The van der Waals surface area contributed by atoms with Crippen molar-refractivity contribution in [1.29, 1.82) is 0 Å². The predicted molar refractivity (Wildman–Crippen MR) is 84.2 cm³/mol. The minimum Gasteiger partial charge on any atom is -0.496 e. The fourth-order valence-corrected chi connectivity index (χ4v) is 3.03. The molecule has 2 rings (SSSR count). The van der Waals surface area contributed by atoms with E-state index in [1.165, 1.54) is 6.42 Å². The maximum atomic E-state index is 12.3. The standard InChI is InChI=1S/C17H26N2O2/c1-12-5-6-15(21-3)14(9-12)13(2)19-16(20)10-17(11-18)7-4-8-17/h5-6,9,13H,4,7-8,10-11,18H2,1-3H3,(H,19,20). The predicted octanol–water partition coefficient (Wildman–Crippen LogP) is 2.70. The average Bonchev–Trinajstić information content (AvgIpc) is 2.42. The van der Waals surface area contributed by atoms with Crippen molar-refractivity contribution in [2.24, 2.45) is 11.1 Å². The number of amides is 1. The smallest absolute Gasteiger partial charge is 0.221 e. The molecule has 1 aromatic rings. The molecule has 21 heavy (non-hydrogen) atoms. The Labute approximate surface area is 127 Å². The molecular formula is C17H26N2O2. The van der Waals surface area contributed by atoms with Gasteiger partial charge in [0.1, 0.15) is 5.75 Å². The van der Waals surface area contributed by atoms with Gasteiger partial charge in [-0.2, -0.15) is 0 Å². The van der Waals surface area contributed by atoms with Gasteiger partial charge in [-0.3, -0.25) is 4.79 Å². The highest BCUT2D eigenvalue weighted by Gasteiger charge is 2.37. The summed E-state index contributed by atoms with van der Waals surface area (Å²) in [7, 11) is 1.65. The van der Waals surface area contributed by atoms with Crippen LogP contribution in [0.15, 0.2) is 18.2 Å². The van der Waals surface area contributed by atoms with E-state index in [4.69, 9.17) is 10.5 Å². The zero-order valence-corrected chi connectivity index (χ0v) is 13.2. The monoisotopic (exact) mass is 290 g/mol. The molecular weight excluding hydrogens is 264 g/mol. The number of carbonyl (C=O) groups excluding carboxylic acids is 1. The molecule has 1 aliphatic rings. The Morgan fingerprint density at radius 3 is 2.71 bits per heavy atom. The van der Waals surface area contributed by atoms with Gasteiger partial charge in [-0.15, -0.1) is 0 Å². The second kappa shape index (κ2) is 6.48. The van der Waals surface area contributed by atoms with Crippen LogP contribution in [-0.2, 0) is 4.79 Å². The Balaban J connectivity index is 2.02. The highest BCUT2D eigenvalue weighted by Crippen LogP contribution is 2.43. The quantitative estimate of drug-likeness (QED) is 0.846. The van der Waals surface area contributed by atoms with Crippen LogP contribution in [-0.4, -0.2) is 19.6 Å². The van der Waals surface area contributed by atoms with Crippen molar-refractivity contribution in [3.63, 3.8) is 0 Å². The molecule has 0 saturated heterocycles. The van der Waals surface area contributed by atoms with Gasteiger partial charge in [-0.25, -0.2) is 0 Å². The van der Waals surface area contributed by atoms with E-state index in [2.05, 4.69) is 11.4 Å². The minimum atomic E-state index is -0.0674. The molecule has 0 spiro atoms. The highest BCUT2D eigenvalue weighted by atomic mass is 16.5. The van der Waals surface area contributed by atoms with Crippen LogP contribution in [0, 0.1) is 12.3 Å². The van der Waals surface area contributed by atoms with Gasteiger partial charge in [-0.1, -0.05) is 24.1 Å². The lowest BCUT2D eigenvalue weighted by molar-refractivity contribution is -0.125. The maximum absolute atomic E-state index is 12.3. The summed E-state index contributed by atoms with van der Waals surface area (Å²) in [5.74, 6) is 0.891. The summed E-state index contributed by atoms with van der Waals surface area (Å²) in [4.78, 5) is 12.3. The number of carbonyl (C=O) groups is 1. The Kier molecular flexibility index (Phi) is 4.88. The van der Waals surface area contributed by atoms with Gasteiger partial charge in [-0.05, 0) is 44.7 Å². The van der Waals surface area contributed by atoms with Crippen LogP contribution in [0.25, 0.3) is 0 Å². The molecule has 1 amide bonds. The van der Waals surface area contributed by atoms with Crippen molar-refractivity contribution in [3.05, 3.63) is 29.3 Å². The van der Waals surface area contributed by atoms with E-state index in [9.17, 15) is 4.79 Å². The summed E-state index contributed by atoms with van der Waals surface area (Å²) >= 11 is 0. The molecule has 0 bridgehead atoms. The maximum Gasteiger partial charge on any atom is 0.221 e. The first-order chi connectivity index (χ1) is 9.99. The van der Waals surface area contributed by atoms with Gasteiger partial charge in [0.2, 0.25) is 5.91 Å². The fourth-order valence-electron chi connectivity index (χ4n) is 3.03. The molecule has 0 radical (unpaired) electrons. The van der Waals surface area contributed by atoms with E-state index in [1.807, 2.05) is 26.0 Å². The third-order valence-electron chi connectivity index (χ3n) is 4.61. The molecule has 1 atom stereocenters. The van der Waals surface area contributed by atoms with Crippen LogP contribution in [0.3, 0.4) is 0 Å². The second-order valence-corrected chi connectivity index (χ2v) is 6.27. The minimum absolute atomic E-state index is 0.0422. The molecule has 1 aliphatic carbocycles. The van der Waals surface area contributed by atoms with Gasteiger partial charge >= 0.3 is 0 Å². The van der Waals surface area contributed by atoms with Gasteiger partial charge in [0, 0.05) is 12.0 Å². The number of ether oxygens (including phenoxy) is 1. The Bertz CT molecular complexity index is 504. The number of benzene rings is 1. The second-order valence-electron chi connectivity index (χ2n) is 6.27. The summed E-state index contributed by atoms with van der Waals surface area (Å²) in [6, 6.07) is 5.95. The normalized spacial score (nSPS) is 17.7. The van der Waals surface area contributed by atoms with Crippen LogP contribution in [0.1, 0.15) is 49.8 Å². The van der Waals surface area contributed by atoms with E-state index in [1.54, 1.807) is 7.11 Å². The molecule has 1 saturated carbocycles. The first-order valence-corrected chi connectivity index (χ1v) is 7.64. The third kappa shape index (κ3) is 3.56. The molecule has 4 nitrogen and oxygen atoms in total. The van der Waals surface area contributed by atoms with Crippen LogP contribution in [0.2, 0.25) is 0 Å². The molecule has 116 valence electrons. The summed E-state index contributed by atoms with van der Waals surface area (Å²) in [6.07, 6.45) is 3.85. The number of hydrogen-bond donors (Lipinski definition) is 2. The Hall–Kier alpha value is -1.55. The number of hydrogen-bond acceptors (Lipinski definition) is 3. The number of methoxy groups -OCH3 is 1. The number of nitrogens with two attached hydrogens (primary N) is 1. The van der Waals surface area contributed by atoms with E-state index in [-0.39, 0.29) is 17.4 Å². The van der Waals surface area contributed by atoms with Crippen molar-refractivity contribution < 1.29 is 9.53 Å². The van der Waals surface area contributed by atoms with Crippen LogP contribution in [0.5, 0.6) is 5.75 Å². The van der Waals surface area contributed by atoms with Crippen molar-refractivity contribution >= 4 is 5.91 Å². The fraction of sp³-hybridized carbons (Fsp3) is 0.588. The van der Waals surface area contributed by atoms with E-state index >= 15 is 0 Å². The SMILES string of the molecule is COc1ccc(C)cc1C(C)NC(=O)CC1(CN)CCC1. The van der Waals surface area contributed by atoms with Crippen LogP contribution >= 0.6 is 0 Å². The molecule has 0 aliphatic heterocycles. The van der Waals surface area contributed by atoms with Gasteiger partial charge in [0.15, 0.2) is 0 Å². The first-order valence-electron chi connectivity index (χ1n) is 7.64. The van der Waals surface area contributed by atoms with Gasteiger partial charge in [0.05, 0.1) is 13.2 Å². The van der Waals surface area contributed by atoms with Crippen molar-refractivity contribution in [3.8, 4) is 5.75 Å². The lowest BCUT2D eigenvalue weighted by Gasteiger charge is -2.40. The highest BCUT2D eigenvalue weighted by molar-refractivity contribution is 5.77. The van der Waals surface area contributed by atoms with Crippen molar-refractivity contribution in [1.82, 2.24) is 5.32 Å². The number of aryl methyl sites for hydroxylation is 1. The van der Waals surface area contributed by atoms with E-state index < -0.39 is 0 Å². The summed E-state index contributed by atoms with van der Waals surface area (Å²) in [5.41, 5.74) is 8.04. The van der Waals surface area contributed by atoms with E-state index in [0.29, 0.717) is 13.0 Å². The summed E-state index contributed by atoms with van der Waals surface area (Å²) in [5, 5.41) is 3.08. The molecule has 3 N–H and O–H groups in total. The summed E-state index contributed by atoms with van der Waals surface area (Å²) in [6.45, 7) is 4.63. The molecule has 1 unspecified atom stereocenters. The third-order valence-corrected chi connectivity index (χ3v) is 4.61. The zero-order valence-electron chi connectivity index (χ0n) is 13.2. The molecule has 0 heterocycles. The summed E-state index contributed by atoms with van der Waals surface area (Å²) < 4.78 is 5.39. The number of rotatable bonds is 6. The van der Waals surface area contributed by atoms with Gasteiger partial charge < -0.3 is 15.8 Å². The van der Waals surface area contributed by atoms with Crippen molar-refractivity contribution in [2.45, 2.75) is 45.6 Å². The van der Waals surface area contributed by atoms with Gasteiger partial charge in [0.25, 0.3) is 0 Å². The zero-order chi connectivity index (χ0) is 15.5. The largest absolute Gasteiger partial charge is 0.496 e. The molecule has 1 fully saturated rings.